The summed E-state index contributed by atoms with van der Waals surface area (Å²) in [6.45, 7) is 0. The summed E-state index contributed by atoms with van der Waals surface area (Å²) in [5.74, 6) is -3.74. The number of hydrogen-bond acceptors (Lipinski definition) is 4. The van der Waals surface area contributed by atoms with Crippen molar-refractivity contribution in [2.45, 2.75) is 0 Å². The molecule has 0 bridgehead atoms. The fraction of sp³-hybridized carbons (Fsp3) is 0. The Morgan fingerprint density at radius 3 is 2.07 bits per heavy atom. The van der Waals surface area contributed by atoms with Crippen molar-refractivity contribution in [3.05, 3.63) is 89.5 Å². The normalized spacial score (nSPS) is 10.7. The van der Waals surface area contributed by atoms with Gasteiger partial charge in [0.1, 0.15) is 0 Å². The molecule has 0 aromatic heterocycles. The first-order chi connectivity index (χ1) is 14.3. The van der Waals surface area contributed by atoms with Gasteiger partial charge in [-0.15, -0.1) is 0 Å². The molecular formula is C22H16F2N2O4. The highest BCUT2D eigenvalue weighted by Gasteiger charge is 2.10. The number of carbonyl (C=O) groups is 2. The van der Waals surface area contributed by atoms with Crippen molar-refractivity contribution in [1.29, 1.82) is 0 Å². The van der Waals surface area contributed by atoms with Crippen molar-refractivity contribution in [1.82, 2.24) is 0 Å². The zero-order valence-electron chi connectivity index (χ0n) is 15.4. The van der Waals surface area contributed by atoms with E-state index in [1.165, 1.54) is 48.6 Å². The van der Waals surface area contributed by atoms with Crippen LogP contribution in [0.25, 0.3) is 6.08 Å². The van der Waals surface area contributed by atoms with E-state index in [0.717, 1.165) is 12.1 Å². The zero-order valence-corrected chi connectivity index (χ0v) is 15.4. The van der Waals surface area contributed by atoms with Crippen LogP contribution in [0.2, 0.25) is 0 Å². The predicted octanol–water partition coefficient (Wildman–Crippen LogP) is 4.28. The van der Waals surface area contributed by atoms with E-state index in [4.69, 9.17) is 0 Å². The minimum Gasteiger partial charge on any atom is -0.504 e. The van der Waals surface area contributed by atoms with Crippen molar-refractivity contribution in [2.75, 3.05) is 10.6 Å². The molecule has 30 heavy (non-hydrogen) atoms. The largest absolute Gasteiger partial charge is 0.504 e. The molecule has 6 nitrogen and oxygen atoms in total. The van der Waals surface area contributed by atoms with Crippen LogP contribution in [0, 0.1) is 11.6 Å². The lowest BCUT2D eigenvalue weighted by molar-refractivity contribution is -0.111. The van der Waals surface area contributed by atoms with Crippen LogP contribution in [-0.4, -0.2) is 22.0 Å². The Hall–Kier alpha value is -4.20. The number of aromatic hydroxyl groups is 2. The second kappa shape index (κ2) is 8.87. The van der Waals surface area contributed by atoms with Crippen LogP contribution >= 0.6 is 0 Å². The Morgan fingerprint density at radius 2 is 1.43 bits per heavy atom. The van der Waals surface area contributed by atoms with E-state index in [1.807, 2.05) is 0 Å². The average molecular weight is 410 g/mol. The van der Waals surface area contributed by atoms with Gasteiger partial charge in [0.15, 0.2) is 23.1 Å². The number of halogens is 2. The average Bonchev–Trinajstić information content (AvgIpc) is 2.72. The van der Waals surface area contributed by atoms with Gasteiger partial charge in [-0.2, -0.15) is 0 Å². The third-order valence-electron chi connectivity index (χ3n) is 4.02. The molecular weight excluding hydrogens is 394 g/mol. The van der Waals surface area contributed by atoms with Gasteiger partial charge in [-0.3, -0.25) is 9.59 Å². The molecule has 4 N–H and O–H groups in total. The second-order valence-electron chi connectivity index (χ2n) is 6.23. The summed E-state index contributed by atoms with van der Waals surface area (Å²) in [7, 11) is 0. The molecule has 0 aliphatic heterocycles. The standard InChI is InChI=1S/C22H16F2N2O4/c23-17-8-3-14(12-18(17)24)22(30)26-16-6-4-15(5-7-16)25-21(29)10-2-13-1-9-19(27)20(28)11-13/h1-12,27-28H,(H,25,29)(H,26,30)/b10-2+. The van der Waals surface area contributed by atoms with Gasteiger partial charge in [0.25, 0.3) is 5.91 Å². The minimum absolute atomic E-state index is 0.0308. The number of anilines is 2. The quantitative estimate of drug-likeness (QED) is 0.373. The second-order valence-corrected chi connectivity index (χ2v) is 6.23. The Kier molecular flexibility index (Phi) is 6.07. The molecule has 0 aliphatic carbocycles. The molecule has 2 amide bonds. The van der Waals surface area contributed by atoms with Crippen molar-refractivity contribution < 1.29 is 28.6 Å². The van der Waals surface area contributed by atoms with Crippen LogP contribution in [0.1, 0.15) is 15.9 Å². The number of carbonyl (C=O) groups excluding carboxylic acids is 2. The maximum atomic E-state index is 13.2. The molecule has 3 rings (SSSR count). The molecule has 0 spiro atoms. The number of hydrogen-bond donors (Lipinski definition) is 4. The Morgan fingerprint density at radius 1 is 0.767 bits per heavy atom. The maximum Gasteiger partial charge on any atom is 0.255 e. The van der Waals surface area contributed by atoms with Gasteiger partial charge in [0.2, 0.25) is 5.91 Å². The SMILES string of the molecule is O=C(/C=C/c1ccc(O)c(O)c1)Nc1ccc(NC(=O)c2ccc(F)c(F)c2)cc1. The smallest absolute Gasteiger partial charge is 0.255 e. The van der Waals surface area contributed by atoms with Gasteiger partial charge in [0, 0.05) is 23.0 Å². The van der Waals surface area contributed by atoms with E-state index in [0.29, 0.717) is 16.9 Å². The molecule has 0 saturated carbocycles. The van der Waals surface area contributed by atoms with Crippen molar-refractivity contribution in [3.63, 3.8) is 0 Å². The highest BCUT2D eigenvalue weighted by Crippen LogP contribution is 2.25. The van der Waals surface area contributed by atoms with E-state index in [2.05, 4.69) is 10.6 Å². The number of benzene rings is 3. The van der Waals surface area contributed by atoms with Crippen LogP contribution in [-0.2, 0) is 4.79 Å². The third kappa shape index (κ3) is 5.20. The summed E-state index contributed by atoms with van der Waals surface area (Å²) < 4.78 is 26.2. The summed E-state index contributed by atoms with van der Waals surface area (Å²) in [6, 6.07) is 13.2. The van der Waals surface area contributed by atoms with Gasteiger partial charge < -0.3 is 20.8 Å². The van der Waals surface area contributed by atoms with Crippen LogP contribution in [0.3, 0.4) is 0 Å². The summed E-state index contributed by atoms with van der Waals surface area (Å²) in [5.41, 5.74) is 1.36. The van der Waals surface area contributed by atoms with E-state index in [9.17, 15) is 28.6 Å². The molecule has 0 atom stereocenters. The molecule has 0 heterocycles. The lowest BCUT2D eigenvalue weighted by atomic mass is 10.2. The number of phenols is 2. The Bertz CT molecular complexity index is 1130. The topological polar surface area (TPSA) is 98.7 Å². The van der Waals surface area contributed by atoms with E-state index < -0.39 is 23.4 Å². The zero-order chi connectivity index (χ0) is 21.7. The molecule has 0 aliphatic rings. The number of amides is 2. The van der Waals surface area contributed by atoms with E-state index >= 15 is 0 Å². The van der Waals surface area contributed by atoms with Crippen LogP contribution in [0.4, 0.5) is 20.2 Å². The lowest BCUT2D eigenvalue weighted by Crippen LogP contribution is -2.12. The van der Waals surface area contributed by atoms with Gasteiger partial charge in [0.05, 0.1) is 0 Å². The van der Waals surface area contributed by atoms with Crippen LogP contribution in [0.15, 0.2) is 66.7 Å². The van der Waals surface area contributed by atoms with Gasteiger partial charge in [-0.25, -0.2) is 8.78 Å². The monoisotopic (exact) mass is 410 g/mol. The molecule has 0 fully saturated rings. The van der Waals surface area contributed by atoms with E-state index in [1.54, 1.807) is 12.1 Å². The number of nitrogens with one attached hydrogen (secondary N) is 2. The summed E-state index contributed by atoms with van der Waals surface area (Å²) >= 11 is 0. The Labute approximate surface area is 170 Å². The molecule has 0 unspecified atom stereocenters. The van der Waals surface area contributed by atoms with E-state index in [-0.39, 0.29) is 17.1 Å². The van der Waals surface area contributed by atoms with Gasteiger partial charge >= 0.3 is 0 Å². The number of phenolic OH excluding ortho intramolecular Hbond substituents is 2. The van der Waals surface area contributed by atoms with Crippen LogP contribution in [0.5, 0.6) is 11.5 Å². The first-order valence-corrected chi connectivity index (χ1v) is 8.69. The van der Waals surface area contributed by atoms with Crippen molar-refractivity contribution in [3.8, 4) is 11.5 Å². The Balaban J connectivity index is 1.59. The first kappa shape index (κ1) is 20.5. The maximum absolute atomic E-state index is 13.2. The number of rotatable bonds is 5. The summed E-state index contributed by atoms with van der Waals surface area (Å²) in [5, 5.41) is 23.9. The van der Waals surface area contributed by atoms with Crippen LogP contribution < -0.4 is 10.6 Å². The highest BCUT2D eigenvalue weighted by molar-refractivity contribution is 6.05. The third-order valence-corrected chi connectivity index (χ3v) is 4.02. The first-order valence-electron chi connectivity index (χ1n) is 8.69. The van der Waals surface area contributed by atoms with Crippen molar-refractivity contribution in [2.24, 2.45) is 0 Å². The molecule has 3 aromatic carbocycles. The fourth-order valence-corrected chi connectivity index (χ4v) is 2.48. The van der Waals surface area contributed by atoms with Crippen molar-refractivity contribution >= 4 is 29.3 Å². The molecule has 8 heteroatoms. The molecule has 3 aromatic rings. The molecule has 152 valence electrons. The predicted molar refractivity (Wildman–Crippen MR) is 108 cm³/mol. The summed E-state index contributed by atoms with van der Waals surface area (Å²) in [6.07, 6.45) is 2.72. The molecule has 0 radical (unpaired) electrons. The minimum atomic E-state index is -1.11. The highest BCUT2D eigenvalue weighted by atomic mass is 19.2. The van der Waals surface area contributed by atoms with Gasteiger partial charge in [-0.05, 0) is 66.2 Å². The fourth-order valence-electron chi connectivity index (χ4n) is 2.48. The lowest BCUT2D eigenvalue weighted by Gasteiger charge is -2.07. The molecule has 0 saturated heterocycles. The summed E-state index contributed by atoms with van der Waals surface area (Å²) in [4.78, 5) is 24.1. The van der Waals surface area contributed by atoms with Gasteiger partial charge in [-0.1, -0.05) is 6.07 Å².